The third-order valence-corrected chi connectivity index (χ3v) is 3.74. The van der Waals surface area contributed by atoms with Crippen LogP contribution in [0.3, 0.4) is 0 Å². The fraction of sp³-hybridized carbons (Fsp3) is 0.125. The minimum Gasteiger partial charge on any atom is -0.269 e. The first-order chi connectivity index (χ1) is 10.4. The van der Waals surface area contributed by atoms with Gasteiger partial charge >= 0.3 is 0 Å². The van der Waals surface area contributed by atoms with E-state index in [1.165, 1.54) is 30.4 Å². The molecule has 0 bridgehead atoms. The Morgan fingerprint density at radius 1 is 0.682 bits per heavy atom. The molecule has 0 aromatic heterocycles. The number of rotatable bonds is 2. The van der Waals surface area contributed by atoms with E-state index >= 15 is 0 Å². The number of aryl methyl sites for hydroxylation is 1. The topological polar surface area (TPSA) is 74.8 Å². The maximum Gasteiger partial charge on any atom is 0.258 e. The molecule has 0 atom stereocenters. The van der Waals surface area contributed by atoms with Gasteiger partial charge in [-0.3, -0.25) is 19.2 Å². The molecule has 2 heterocycles. The molecule has 0 spiro atoms. The summed E-state index contributed by atoms with van der Waals surface area (Å²) in [6.07, 6.45) is 4.75. The summed E-state index contributed by atoms with van der Waals surface area (Å²) in [7, 11) is 0. The second kappa shape index (κ2) is 4.77. The maximum absolute atomic E-state index is 11.9. The number of carbonyl (C=O) groups is 4. The van der Waals surface area contributed by atoms with Crippen molar-refractivity contribution in [1.29, 1.82) is 0 Å². The number of hydrogen-bond donors (Lipinski definition) is 0. The fourth-order valence-electron chi connectivity index (χ4n) is 2.48. The molecule has 4 amide bonds. The summed E-state index contributed by atoms with van der Waals surface area (Å²) in [5.41, 5.74) is 2.22. The van der Waals surface area contributed by atoms with E-state index in [-0.39, 0.29) is 0 Å². The van der Waals surface area contributed by atoms with Gasteiger partial charge in [-0.2, -0.15) is 0 Å². The maximum atomic E-state index is 11.9. The number of hydrogen-bond acceptors (Lipinski definition) is 4. The lowest BCUT2D eigenvalue weighted by atomic mass is 10.1. The van der Waals surface area contributed by atoms with E-state index in [0.717, 1.165) is 20.9 Å². The van der Waals surface area contributed by atoms with Gasteiger partial charge in [0.05, 0.1) is 11.4 Å². The Hall–Kier alpha value is -3.02. The monoisotopic (exact) mass is 296 g/mol. The highest BCUT2D eigenvalue weighted by atomic mass is 16.2. The third kappa shape index (κ3) is 1.96. The average Bonchev–Trinajstić information content (AvgIpc) is 2.97. The van der Waals surface area contributed by atoms with Gasteiger partial charge in [0.25, 0.3) is 23.6 Å². The molecule has 0 saturated carbocycles. The second-order valence-corrected chi connectivity index (χ2v) is 5.10. The molecule has 0 fully saturated rings. The van der Waals surface area contributed by atoms with E-state index in [9.17, 15) is 19.2 Å². The first-order valence-corrected chi connectivity index (χ1v) is 6.63. The first-order valence-electron chi connectivity index (χ1n) is 6.63. The molecule has 1 aromatic carbocycles. The van der Waals surface area contributed by atoms with Crippen molar-refractivity contribution in [3.05, 3.63) is 47.6 Å². The number of nitrogens with zero attached hydrogens (tertiary/aromatic N) is 2. The van der Waals surface area contributed by atoms with Crippen molar-refractivity contribution < 1.29 is 19.2 Å². The molecule has 2 aliphatic heterocycles. The van der Waals surface area contributed by atoms with E-state index in [1.807, 2.05) is 0 Å². The molecule has 3 rings (SSSR count). The van der Waals surface area contributed by atoms with Crippen molar-refractivity contribution in [2.75, 3.05) is 9.80 Å². The van der Waals surface area contributed by atoms with Crippen LogP contribution >= 0.6 is 0 Å². The summed E-state index contributed by atoms with van der Waals surface area (Å²) in [6.45, 7) is 3.57. The molecular weight excluding hydrogens is 284 g/mol. The Labute approximate surface area is 126 Å². The zero-order valence-corrected chi connectivity index (χ0v) is 12.0. The van der Waals surface area contributed by atoms with Gasteiger partial charge in [0.1, 0.15) is 0 Å². The Kier molecular flexibility index (Phi) is 3.02. The van der Waals surface area contributed by atoms with Crippen LogP contribution in [0.15, 0.2) is 36.4 Å². The van der Waals surface area contributed by atoms with Crippen LogP contribution in [0, 0.1) is 13.8 Å². The van der Waals surface area contributed by atoms with E-state index in [0.29, 0.717) is 11.4 Å². The quantitative estimate of drug-likeness (QED) is 0.768. The number of amides is 4. The highest BCUT2D eigenvalue weighted by molar-refractivity contribution is 6.30. The van der Waals surface area contributed by atoms with Crippen molar-refractivity contribution >= 4 is 35.0 Å². The molecule has 0 N–H and O–H groups in total. The van der Waals surface area contributed by atoms with E-state index < -0.39 is 23.6 Å². The van der Waals surface area contributed by atoms with E-state index in [1.54, 1.807) is 19.9 Å². The fourth-order valence-corrected chi connectivity index (χ4v) is 2.48. The number of benzene rings is 1. The number of anilines is 2. The molecule has 1 aromatic rings. The van der Waals surface area contributed by atoms with Crippen molar-refractivity contribution in [1.82, 2.24) is 0 Å². The molecular formula is C16H12N2O4. The van der Waals surface area contributed by atoms with E-state index in [4.69, 9.17) is 0 Å². The summed E-state index contributed by atoms with van der Waals surface area (Å²) in [6, 6.07) is 3.19. The SMILES string of the molecule is Cc1cc(N2C(=O)C=CC2=O)cc(N2C(=O)C=CC2=O)c1C. The molecule has 6 nitrogen and oxygen atoms in total. The van der Waals surface area contributed by atoms with Crippen LogP contribution in [0.4, 0.5) is 11.4 Å². The van der Waals surface area contributed by atoms with Crippen LogP contribution in [0.2, 0.25) is 0 Å². The first kappa shape index (κ1) is 13.9. The van der Waals surface area contributed by atoms with Crippen molar-refractivity contribution in [2.45, 2.75) is 13.8 Å². The molecule has 22 heavy (non-hydrogen) atoms. The van der Waals surface area contributed by atoms with Crippen LogP contribution in [0.1, 0.15) is 11.1 Å². The number of carbonyl (C=O) groups excluding carboxylic acids is 4. The molecule has 0 unspecified atom stereocenters. The second-order valence-electron chi connectivity index (χ2n) is 5.10. The van der Waals surface area contributed by atoms with Gasteiger partial charge in [-0.15, -0.1) is 0 Å². The summed E-state index contributed by atoms with van der Waals surface area (Å²) in [5.74, 6) is -1.78. The summed E-state index contributed by atoms with van der Waals surface area (Å²) in [4.78, 5) is 49.4. The predicted octanol–water partition coefficient (Wildman–Crippen LogP) is 1.16. The zero-order chi connectivity index (χ0) is 16.0. The smallest absolute Gasteiger partial charge is 0.258 e. The van der Waals surface area contributed by atoms with Crippen LogP contribution in [0.25, 0.3) is 0 Å². The van der Waals surface area contributed by atoms with E-state index in [2.05, 4.69) is 0 Å². The molecule has 0 saturated heterocycles. The molecule has 110 valence electrons. The standard InChI is InChI=1S/C16H12N2O4/c1-9-7-11(17-13(19)3-4-14(17)20)8-12(10(9)2)18-15(21)5-6-16(18)22/h3-8H,1-2H3. The average molecular weight is 296 g/mol. The van der Waals surface area contributed by atoms with Gasteiger partial charge in [0.2, 0.25) is 0 Å². The molecule has 2 aliphatic rings. The van der Waals surface area contributed by atoms with Crippen LogP contribution < -0.4 is 9.80 Å². The van der Waals surface area contributed by atoms with Crippen LogP contribution in [-0.2, 0) is 19.2 Å². The lowest BCUT2D eigenvalue weighted by Gasteiger charge is -2.22. The van der Waals surface area contributed by atoms with Gasteiger partial charge in [0, 0.05) is 24.3 Å². The predicted molar refractivity (Wildman–Crippen MR) is 79.2 cm³/mol. The van der Waals surface area contributed by atoms with Crippen molar-refractivity contribution in [3.8, 4) is 0 Å². The molecule has 6 heteroatoms. The van der Waals surface area contributed by atoms with Gasteiger partial charge in [-0.05, 0) is 37.1 Å². The van der Waals surface area contributed by atoms with Crippen molar-refractivity contribution in [2.24, 2.45) is 0 Å². The minimum atomic E-state index is -0.448. The van der Waals surface area contributed by atoms with Crippen molar-refractivity contribution in [3.63, 3.8) is 0 Å². The molecule has 0 radical (unpaired) electrons. The summed E-state index contributed by atoms with van der Waals surface area (Å²) in [5, 5.41) is 0. The third-order valence-electron chi connectivity index (χ3n) is 3.74. The zero-order valence-electron chi connectivity index (χ0n) is 12.0. The van der Waals surface area contributed by atoms with Gasteiger partial charge < -0.3 is 0 Å². The van der Waals surface area contributed by atoms with Gasteiger partial charge in [-0.1, -0.05) is 0 Å². The normalized spacial score (nSPS) is 17.4. The lowest BCUT2D eigenvalue weighted by Crippen LogP contribution is -2.32. The van der Waals surface area contributed by atoms with Gasteiger partial charge in [0.15, 0.2) is 0 Å². The Morgan fingerprint density at radius 2 is 1.14 bits per heavy atom. The lowest BCUT2D eigenvalue weighted by molar-refractivity contribution is -0.121. The summed E-state index contributed by atoms with van der Waals surface area (Å²) < 4.78 is 0. The van der Waals surface area contributed by atoms with Crippen LogP contribution in [-0.4, -0.2) is 23.6 Å². The Bertz CT molecular complexity index is 769. The molecule has 0 aliphatic carbocycles. The Balaban J connectivity index is 2.12. The van der Waals surface area contributed by atoms with Gasteiger partial charge in [-0.25, -0.2) is 9.80 Å². The summed E-state index contributed by atoms with van der Waals surface area (Å²) >= 11 is 0. The Morgan fingerprint density at radius 3 is 1.64 bits per heavy atom. The number of imide groups is 2. The highest BCUT2D eigenvalue weighted by Gasteiger charge is 2.30. The highest BCUT2D eigenvalue weighted by Crippen LogP contribution is 2.32. The van der Waals surface area contributed by atoms with Crippen LogP contribution in [0.5, 0.6) is 0 Å². The minimum absolute atomic E-state index is 0.339. The largest absolute Gasteiger partial charge is 0.269 e.